The molecule has 2 aliphatic heterocycles. The van der Waals surface area contributed by atoms with E-state index in [0.29, 0.717) is 64.4 Å². The zero-order chi connectivity index (χ0) is 24.7. The highest BCUT2D eigenvalue weighted by Gasteiger charge is 2.30. The van der Waals surface area contributed by atoms with Crippen molar-refractivity contribution in [3.05, 3.63) is 54.0 Å². The summed E-state index contributed by atoms with van der Waals surface area (Å²) < 4.78 is 24.7. The second-order valence-electron chi connectivity index (χ2n) is 9.13. The van der Waals surface area contributed by atoms with Crippen LogP contribution in [0.3, 0.4) is 0 Å². The van der Waals surface area contributed by atoms with Crippen molar-refractivity contribution in [1.29, 1.82) is 5.26 Å². The largest absolute Gasteiger partial charge is 0.495 e. The number of hydrogen-bond acceptors (Lipinski definition) is 9. The molecule has 10 nitrogen and oxygen atoms in total. The average molecular weight is 504 g/mol. The van der Waals surface area contributed by atoms with Crippen LogP contribution in [0, 0.1) is 11.3 Å². The number of nitriles is 1. The first-order chi connectivity index (χ1) is 17.6. The normalized spacial score (nSPS) is 20.4. The van der Waals surface area contributed by atoms with E-state index >= 15 is 0 Å². The number of hydrogen-bond donors (Lipinski definition) is 3. The first kappa shape index (κ1) is 22.7. The molecule has 0 spiro atoms. The van der Waals surface area contributed by atoms with E-state index in [-0.39, 0.29) is 6.04 Å². The predicted octanol–water partition coefficient (Wildman–Crippen LogP) is 4.19. The lowest BCUT2D eigenvalue weighted by atomic mass is 10.2. The Kier molecular flexibility index (Phi) is 5.67. The van der Waals surface area contributed by atoms with E-state index < -0.39 is 7.14 Å². The highest BCUT2D eigenvalue weighted by molar-refractivity contribution is 7.77. The van der Waals surface area contributed by atoms with Gasteiger partial charge in [-0.2, -0.15) is 15.2 Å². The van der Waals surface area contributed by atoms with E-state index in [0.717, 1.165) is 6.42 Å². The maximum absolute atomic E-state index is 13.6. The van der Waals surface area contributed by atoms with Gasteiger partial charge in [-0.15, -0.1) is 0 Å². The summed E-state index contributed by atoms with van der Waals surface area (Å²) in [5, 5.41) is 17.5. The molecule has 6 rings (SSSR count). The third-order valence-corrected chi connectivity index (χ3v) is 8.88. The van der Waals surface area contributed by atoms with Crippen LogP contribution in [0.4, 0.5) is 17.5 Å². The summed E-state index contributed by atoms with van der Waals surface area (Å²) in [5.74, 6) is 5.03. The zero-order valence-corrected chi connectivity index (χ0v) is 20.7. The Balaban J connectivity index is 1.30. The van der Waals surface area contributed by atoms with Crippen molar-refractivity contribution in [3.8, 4) is 11.8 Å². The number of H-pyrrole nitrogens is 1. The summed E-state index contributed by atoms with van der Waals surface area (Å²) in [7, 11) is -1.24. The third kappa shape index (κ3) is 4.21. The molecule has 0 amide bonds. The Morgan fingerprint density at radius 3 is 2.78 bits per heavy atom. The molecule has 2 aromatic heterocycles. The van der Waals surface area contributed by atoms with Gasteiger partial charge in [-0.3, -0.25) is 0 Å². The molecule has 11 heteroatoms. The van der Waals surface area contributed by atoms with E-state index in [9.17, 15) is 9.83 Å². The van der Waals surface area contributed by atoms with Crippen molar-refractivity contribution in [1.82, 2.24) is 19.9 Å². The van der Waals surface area contributed by atoms with Gasteiger partial charge in [0, 0.05) is 36.6 Å². The van der Waals surface area contributed by atoms with E-state index in [4.69, 9.17) is 9.47 Å². The minimum absolute atomic E-state index is 0.107. The predicted molar refractivity (Wildman–Crippen MR) is 138 cm³/mol. The van der Waals surface area contributed by atoms with E-state index in [1.54, 1.807) is 31.0 Å². The van der Waals surface area contributed by atoms with Crippen LogP contribution in [-0.4, -0.2) is 52.3 Å². The monoisotopic (exact) mass is 503 g/mol. The Morgan fingerprint density at radius 1 is 1.25 bits per heavy atom. The molecule has 1 atom stereocenters. The van der Waals surface area contributed by atoms with Gasteiger partial charge in [0.25, 0.3) is 0 Å². The first-order valence-corrected chi connectivity index (χ1v) is 13.8. The molecule has 1 aliphatic carbocycles. The lowest BCUT2D eigenvalue weighted by Gasteiger charge is -2.22. The number of rotatable bonds is 7. The first-order valence-electron chi connectivity index (χ1n) is 11.9. The van der Waals surface area contributed by atoms with Crippen LogP contribution in [0.15, 0.2) is 48.4 Å². The maximum Gasteiger partial charge on any atom is 0.231 e. The van der Waals surface area contributed by atoms with Crippen LogP contribution in [0.5, 0.6) is 5.75 Å². The number of aromatic amines is 1. The number of nitrogens with one attached hydrogen (secondary N) is 3. The molecule has 3 N–H and O–H groups in total. The van der Waals surface area contributed by atoms with Crippen molar-refractivity contribution < 1.29 is 14.0 Å². The third-order valence-electron chi connectivity index (χ3n) is 6.65. The fourth-order valence-electron chi connectivity index (χ4n) is 4.48. The Morgan fingerprint density at radius 2 is 2.08 bits per heavy atom. The van der Waals surface area contributed by atoms with Crippen LogP contribution >= 0.6 is 7.14 Å². The van der Waals surface area contributed by atoms with Crippen LogP contribution in [0.25, 0.3) is 11.0 Å². The van der Waals surface area contributed by atoms with Crippen LogP contribution in [-0.2, 0) is 9.30 Å². The lowest BCUT2D eigenvalue weighted by molar-refractivity contribution is 0.195. The van der Waals surface area contributed by atoms with Crippen molar-refractivity contribution in [2.24, 2.45) is 0 Å². The van der Waals surface area contributed by atoms with E-state index in [1.807, 2.05) is 24.5 Å². The fraction of sp³-hybridized carbons (Fsp3) is 0.320. The number of benzene rings is 1. The smallest absolute Gasteiger partial charge is 0.231 e. The number of fused-ring (bicyclic) bond motifs is 1. The number of anilines is 3. The maximum atomic E-state index is 13.6. The summed E-state index contributed by atoms with van der Waals surface area (Å²) >= 11 is 0. The SMILES string of the molecule is COc1cc(P2(=O)C=CN(C3CC3)C=C2)ccc1Nc1nc(N[C@@H]2CCOC2)c2c(C#N)c[nH]c2n1. The molecule has 0 bridgehead atoms. The van der Waals surface area contributed by atoms with Crippen LogP contribution < -0.4 is 20.7 Å². The number of aromatic nitrogens is 3. The molecule has 3 aliphatic rings. The quantitative estimate of drug-likeness (QED) is 0.407. The molecule has 36 heavy (non-hydrogen) atoms. The molecular weight excluding hydrogens is 477 g/mol. The highest BCUT2D eigenvalue weighted by atomic mass is 31.2. The van der Waals surface area contributed by atoms with Gasteiger partial charge in [0.15, 0.2) is 7.14 Å². The molecule has 1 aromatic carbocycles. The zero-order valence-electron chi connectivity index (χ0n) is 19.8. The second kappa shape index (κ2) is 9.01. The Bertz CT molecular complexity index is 1450. The summed E-state index contributed by atoms with van der Waals surface area (Å²) in [6.07, 6.45) is 8.69. The molecule has 0 unspecified atom stereocenters. The van der Waals surface area contributed by atoms with Gasteiger partial charge < -0.3 is 34.6 Å². The molecule has 4 heterocycles. The molecule has 3 aromatic rings. The van der Waals surface area contributed by atoms with Crippen molar-refractivity contribution in [2.75, 3.05) is 31.0 Å². The summed E-state index contributed by atoms with van der Waals surface area (Å²) in [6.45, 7) is 1.27. The minimum Gasteiger partial charge on any atom is -0.495 e. The molecule has 0 radical (unpaired) electrons. The van der Waals surface area contributed by atoms with Crippen molar-refractivity contribution >= 4 is 40.9 Å². The molecule has 1 saturated heterocycles. The van der Waals surface area contributed by atoms with Crippen molar-refractivity contribution in [3.63, 3.8) is 0 Å². The molecule has 2 fully saturated rings. The van der Waals surface area contributed by atoms with E-state index in [1.165, 1.54) is 12.8 Å². The number of nitrogens with zero attached hydrogens (tertiary/aromatic N) is 4. The van der Waals surface area contributed by atoms with Gasteiger partial charge >= 0.3 is 0 Å². The fourth-order valence-corrected chi connectivity index (χ4v) is 6.26. The summed E-state index contributed by atoms with van der Waals surface area (Å²) in [5.41, 5.74) is 1.65. The Hall–Kier alpha value is -3.80. The number of ether oxygens (including phenoxy) is 2. The minimum atomic E-state index is -2.82. The highest BCUT2D eigenvalue weighted by Crippen LogP contribution is 2.51. The molecule has 1 saturated carbocycles. The lowest BCUT2D eigenvalue weighted by Crippen LogP contribution is -2.20. The van der Waals surface area contributed by atoms with Gasteiger partial charge in [-0.1, -0.05) is 0 Å². The van der Waals surface area contributed by atoms with E-state index in [2.05, 4.69) is 36.6 Å². The van der Waals surface area contributed by atoms with Crippen LogP contribution in [0.1, 0.15) is 24.8 Å². The van der Waals surface area contributed by atoms with Crippen LogP contribution in [0.2, 0.25) is 0 Å². The van der Waals surface area contributed by atoms with Gasteiger partial charge in [0.1, 0.15) is 23.3 Å². The van der Waals surface area contributed by atoms with Gasteiger partial charge in [0.05, 0.1) is 36.4 Å². The average Bonchev–Trinajstić information content (AvgIpc) is 3.45. The molecule has 184 valence electrons. The topological polar surface area (TPSA) is 128 Å². The van der Waals surface area contributed by atoms with Gasteiger partial charge in [-0.05, 0) is 49.1 Å². The Labute approximate surface area is 208 Å². The van der Waals surface area contributed by atoms with Crippen molar-refractivity contribution in [2.45, 2.75) is 31.3 Å². The number of methoxy groups -OCH3 is 1. The summed E-state index contributed by atoms with van der Waals surface area (Å²) in [4.78, 5) is 14.4. The molecular formula is C25H26N7O3P. The summed E-state index contributed by atoms with van der Waals surface area (Å²) in [6, 6.07) is 8.29. The second-order valence-corrected chi connectivity index (χ2v) is 11.7. The standard InChI is InChI=1S/C25H26N7O3P/c1-34-21-12-19(36(33)10-7-32(8-11-36)18-2-3-18)4-5-20(21)29-25-30-23-22(16(13-26)14-27-23)24(31-25)28-17-6-9-35-15-17/h4-5,7-8,10-12,14,17-18H,2-3,6,9,15H2,1H3,(H3,27,28,29,30,31)/t17-/m1/s1. The van der Waals surface area contributed by atoms with Gasteiger partial charge in [0.2, 0.25) is 5.95 Å². The van der Waals surface area contributed by atoms with Gasteiger partial charge in [-0.25, -0.2) is 0 Å².